The van der Waals surface area contributed by atoms with E-state index in [0.717, 1.165) is 21.1 Å². The van der Waals surface area contributed by atoms with Crippen molar-refractivity contribution >= 4 is 27.3 Å². The quantitative estimate of drug-likeness (QED) is 0.498. The van der Waals surface area contributed by atoms with Gasteiger partial charge in [0.1, 0.15) is 5.75 Å². The fraction of sp³-hybridized carbons (Fsp3) is 0.269. The van der Waals surface area contributed by atoms with Crippen molar-refractivity contribution in [2.45, 2.75) is 38.5 Å². The van der Waals surface area contributed by atoms with Crippen LogP contribution in [-0.2, 0) is 10.0 Å². The topological polar surface area (TPSA) is 75.7 Å². The molecule has 0 radical (unpaired) electrons. The van der Waals surface area contributed by atoms with Gasteiger partial charge in [0.15, 0.2) is 0 Å². The molecule has 0 bridgehead atoms. The molecule has 0 aliphatic rings. The zero-order valence-electron chi connectivity index (χ0n) is 19.8. The van der Waals surface area contributed by atoms with Crippen molar-refractivity contribution in [3.63, 3.8) is 0 Å². The second-order valence-corrected chi connectivity index (χ2v) is 10.2. The van der Waals surface area contributed by atoms with E-state index < -0.39 is 10.0 Å². The summed E-state index contributed by atoms with van der Waals surface area (Å²) in [6, 6.07) is 17.4. The second-order valence-electron chi connectivity index (χ2n) is 8.27. The molecule has 174 valence electrons. The van der Waals surface area contributed by atoms with Crippen LogP contribution in [0, 0.1) is 13.8 Å². The van der Waals surface area contributed by atoms with Crippen LogP contribution in [0.1, 0.15) is 46.8 Å². The molecule has 0 saturated heterocycles. The fourth-order valence-electron chi connectivity index (χ4n) is 3.71. The number of nitrogens with zero attached hydrogens (tertiary/aromatic N) is 1. The Bertz CT molecular complexity index is 1280. The largest absolute Gasteiger partial charge is 0.495 e. The minimum Gasteiger partial charge on any atom is -0.495 e. The Morgan fingerprint density at radius 3 is 2.33 bits per heavy atom. The van der Waals surface area contributed by atoms with Gasteiger partial charge in [0, 0.05) is 18.3 Å². The molecule has 0 fully saturated rings. The lowest BCUT2D eigenvalue weighted by Gasteiger charge is -2.22. The third kappa shape index (κ3) is 4.88. The molecule has 0 spiro atoms. The van der Waals surface area contributed by atoms with Crippen LogP contribution in [0.15, 0.2) is 65.6 Å². The Morgan fingerprint density at radius 2 is 1.67 bits per heavy atom. The molecular weight excluding hydrogens is 436 g/mol. The minimum atomic E-state index is -3.93. The van der Waals surface area contributed by atoms with Crippen molar-refractivity contribution in [2.24, 2.45) is 0 Å². The Labute approximate surface area is 196 Å². The number of sulfonamides is 1. The van der Waals surface area contributed by atoms with E-state index in [9.17, 15) is 13.2 Å². The van der Waals surface area contributed by atoms with Gasteiger partial charge in [0.2, 0.25) is 0 Å². The number of anilines is 2. The number of methoxy groups -OCH3 is 1. The molecule has 0 saturated carbocycles. The molecule has 7 heteroatoms. The SMILES string of the molecule is COc1ccccc1N(C)S(=O)(=O)c1ccc(C)c(C(=O)Nc2c(C)cccc2C(C)C)c1. The molecule has 33 heavy (non-hydrogen) atoms. The van der Waals surface area contributed by atoms with Crippen LogP contribution in [0.3, 0.4) is 0 Å². The molecule has 3 aromatic carbocycles. The second kappa shape index (κ2) is 9.67. The maximum absolute atomic E-state index is 13.4. The summed E-state index contributed by atoms with van der Waals surface area (Å²) in [5, 5.41) is 3.01. The van der Waals surface area contributed by atoms with E-state index in [2.05, 4.69) is 19.2 Å². The number of nitrogens with one attached hydrogen (secondary N) is 1. The van der Waals surface area contributed by atoms with E-state index in [4.69, 9.17) is 4.74 Å². The summed E-state index contributed by atoms with van der Waals surface area (Å²) >= 11 is 0. The average molecular weight is 467 g/mol. The van der Waals surface area contributed by atoms with Crippen LogP contribution in [0.5, 0.6) is 5.75 Å². The molecule has 0 aliphatic carbocycles. The van der Waals surface area contributed by atoms with E-state index >= 15 is 0 Å². The van der Waals surface area contributed by atoms with Crippen molar-refractivity contribution in [2.75, 3.05) is 23.8 Å². The first kappa shape index (κ1) is 24.3. The lowest BCUT2D eigenvalue weighted by molar-refractivity contribution is 0.102. The van der Waals surface area contributed by atoms with Gasteiger partial charge in [-0.2, -0.15) is 0 Å². The third-order valence-electron chi connectivity index (χ3n) is 5.70. The number of carbonyl (C=O) groups excluding carboxylic acids is 1. The first-order valence-corrected chi connectivity index (χ1v) is 12.2. The maximum Gasteiger partial charge on any atom is 0.264 e. The normalized spacial score (nSPS) is 11.4. The van der Waals surface area contributed by atoms with Gasteiger partial charge in [-0.3, -0.25) is 9.10 Å². The molecule has 0 heterocycles. The van der Waals surface area contributed by atoms with E-state index in [1.54, 1.807) is 37.3 Å². The zero-order chi connectivity index (χ0) is 24.3. The Hall–Kier alpha value is -3.32. The monoisotopic (exact) mass is 466 g/mol. The highest BCUT2D eigenvalue weighted by atomic mass is 32.2. The lowest BCUT2D eigenvalue weighted by atomic mass is 9.97. The summed E-state index contributed by atoms with van der Waals surface area (Å²) in [5.41, 5.74) is 4.14. The van der Waals surface area contributed by atoms with Gasteiger partial charge in [-0.1, -0.05) is 50.2 Å². The van der Waals surface area contributed by atoms with Gasteiger partial charge in [-0.05, 0) is 60.7 Å². The highest BCUT2D eigenvalue weighted by Crippen LogP contribution is 2.32. The number of para-hydroxylation sites is 3. The molecule has 0 aliphatic heterocycles. The van der Waals surface area contributed by atoms with Crippen molar-refractivity contribution in [3.05, 3.63) is 82.9 Å². The smallest absolute Gasteiger partial charge is 0.264 e. The maximum atomic E-state index is 13.4. The van der Waals surface area contributed by atoms with Crippen molar-refractivity contribution < 1.29 is 17.9 Å². The van der Waals surface area contributed by atoms with Crippen LogP contribution >= 0.6 is 0 Å². The number of aryl methyl sites for hydroxylation is 2. The molecule has 3 aromatic rings. The fourth-order valence-corrected chi connectivity index (χ4v) is 4.94. The molecule has 0 aromatic heterocycles. The molecule has 0 atom stereocenters. The van der Waals surface area contributed by atoms with Crippen molar-refractivity contribution in [1.29, 1.82) is 0 Å². The van der Waals surface area contributed by atoms with E-state index in [-0.39, 0.29) is 16.7 Å². The highest BCUT2D eigenvalue weighted by molar-refractivity contribution is 7.92. The van der Waals surface area contributed by atoms with E-state index in [1.165, 1.54) is 26.3 Å². The number of ether oxygens (including phenoxy) is 1. The predicted molar refractivity (Wildman–Crippen MR) is 133 cm³/mol. The van der Waals surface area contributed by atoms with E-state index in [0.29, 0.717) is 22.6 Å². The summed E-state index contributed by atoms with van der Waals surface area (Å²) in [4.78, 5) is 13.3. The summed E-state index contributed by atoms with van der Waals surface area (Å²) in [7, 11) is -0.969. The molecule has 1 N–H and O–H groups in total. The van der Waals surface area contributed by atoms with Crippen LogP contribution < -0.4 is 14.4 Å². The number of amides is 1. The number of hydrogen-bond donors (Lipinski definition) is 1. The molecule has 3 rings (SSSR count). The Balaban J connectivity index is 2.00. The summed E-state index contributed by atoms with van der Waals surface area (Å²) in [6.07, 6.45) is 0. The average Bonchev–Trinajstić information content (AvgIpc) is 2.79. The summed E-state index contributed by atoms with van der Waals surface area (Å²) < 4.78 is 33.2. The first-order chi connectivity index (χ1) is 15.6. The number of benzene rings is 3. The van der Waals surface area contributed by atoms with Crippen molar-refractivity contribution in [1.82, 2.24) is 0 Å². The molecule has 6 nitrogen and oxygen atoms in total. The highest BCUT2D eigenvalue weighted by Gasteiger charge is 2.25. The first-order valence-electron chi connectivity index (χ1n) is 10.7. The van der Waals surface area contributed by atoms with Crippen molar-refractivity contribution in [3.8, 4) is 5.75 Å². The van der Waals surface area contributed by atoms with Gasteiger partial charge in [-0.15, -0.1) is 0 Å². The number of hydrogen-bond acceptors (Lipinski definition) is 4. The van der Waals surface area contributed by atoms with Gasteiger partial charge < -0.3 is 10.1 Å². The predicted octanol–water partition coefficient (Wildman–Crippen LogP) is 5.51. The Kier molecular flexibility index (Phi) is 7.12. The third-order valence-corrected chi connectivity index (χ3v) is 7.47. The van der Waals surface area contributed by atoms with Crippen LogP contribution in [0.25, 0.3) is 0 Å². The summed E-state index contributed by atoms with van der Waals surface area (Å²) in [5.74, 6) is 0.317. The number of rotatable bonds is 7. The van der Waals surface area contributed by atoms with Gasteiger partial charge in [-0.25, -0.2) is 8.42 Å². The molecular formula is C26H30N2O4S. The van der Waals surface area contributed by atoms with Gasteiger partial charge in [0.25, 0.3) is 15.9 Å². The molecule has 0 unspecified atom stereocenters. The van der Waals surface area contributed by atoms with Gasteiger partial charge >= 0.3 is 0 Å². The van der Waals surface area contributed by atoms with Crippen LogP contribution in [0.4, 0.5) is 11.4 Å². The number of carbonyl (C=O) groups is 1. The van der Waals surface area contributed by atoms with Gasteiger partial charge in [0.05, 0.1) is 17.7 Å². The van der Waals surface area contributed by atoms with Crippen LogP contribution in [0.2, 0.25) is 0 Å². The molecule has 1 amide bonds. The minimum absolute atomic E-state index is 0.0283. The standard InChI is InChI=1S/C26H30N2O4S/c1-17(2)21-11-9-10-19(4)25(21)27-26(29)22-16-20(15-14-18(22)3)33(30,31)28(5)23-12-7-8-13-24(23)32-6/h7-17H,1-6H3,(H,27,29). The lowest BCUT2D eigenvalue weighted by Crippen LogP contribution is -2.27. The Morgan fingerprint density at radius 1 is 0.970 bits per heavy atom. The van der Waals surface area contributed by atoms with Crippen LogP contribution in [-0.4, -0.2) is 28.5 Å². The van der Waals surface area contributed by atoms with E-state index in [1.807, 2.05) is 25.1 Å². The zero-order valence-corrected chi connectivity index (χ0v) is 20.7. The summed E-state index contributed by atoms with van der Waals surface area (Å²) in [6.45, 7) is 7.86.